The number of H-pyrrole nitrogens is 1. The summed E-state index contributed by atoms with van der Waals surface area (Å²) in [6.07, 6.45) is 2.00. The number of ether oxygens (including phenoxy) is 1. The maximum atomic E-state index is 12.2. The van der Waals surface area contributed by atoms with Gasteiger partial charge in [-0.3, -0.25) is 14.9 Å². The van der Waals surface area contributed by atoms with Crippen molar-refractivity contribution in [2.45, 2.75) is 5.92 Å². The van der Waals surface area contributed by atoms with Crippen LogP contribution in [0, 0.1) is 0 Å². The summed E-state index contributed by atoms with van der Waals surface area (Å²) in [5, 5.41) is 9.44. The van der Waals surface area contributed by atoms with Crippen molar-refractivity contribution >= 4 is 22.7 Å². The van der Waals surface area contributed by atoms with E-state index in [-0.39, 0.29) is 30.8 Å². The van der Waals surface area contributed by atoms with E-state index in [0.29, 0.717) is 6.54 Å². The number of fused-ring (bicyclic) bond motifs is 1. The Morgan fingerprint density at radius 2 is 1.76 bits per heavy atom. The van der Waals surface area contributed by atoms with Crippen molar-refractivity contribution < 1.29 is 14.3 Å². The van der Waals surface area contributed by atoms with Crippen LogP contribution in [-0.2, 0) is 9.59 Å². The van der Waals surface area contributed by atoms with Gasteiger partial charge in [0.15, 0.2) is 0 Å². The highest BCUT2D eigenvalue weighted by Gasteiger charge is 2.19. The summed E-state index contributed by atoms with van der Waals surface area (Å²) < 4.78 is 5.26. The molecule has 0 unspecified atom stereocenters. The van der Waals surface area contributed by atoms with Crippen molar-refractivity contribution in [3.63, 3.8) is 0 Å². The van der Waals surface area contributed by atoms with E-state index in [1.165, 1.54) is 0 Å². The van der Waals surface area contributed by atoms with E-state index in [2.05, 4.69) is 27.0 Å². The molecule has 4 N–H and O–H groups in total. The molecule has 2 aromatic carbocycles. The average Bonchev–Trinajstić information content (AvgIpc) is 3.18. The highest BCUT2D eigenvalue weighted by molar-refractivity contribution is 5.84. The summed E-state index contributed by atoms with van der Waals surface area (Å²) in [4.78, 5) is 26.8. The molecule has 0 spiro atoms. The second kappa shape index (κ2) is 9.75. The van der Waals surface area contributed by atoms with Crippen molar-refractivity contribution in [2.75, 3.05) is 33.8 Å². The van der Waals surface area contributed by atoms with E-state index < -0.39 is 0 Å². The molecule has 1 atom stereocenters. The average molecular weight is 394 g/mol. The molecule has 7 nitrogen and oxygen atoms in total. The molecule has 0 saturated carbocycles. The minimum atomic E-state index is -0.160. The smallest absolute Gasteiger partial charge is 0.234 e. The van der Waals surface area contributed by atoms with E-state index >= 15 is 0 Å². The highest BCUT2D eigenvalue weighted by Crippen LogP contribution is 2.31. The number of hydrogen-bond acceptors (Lipinski definition) is 4. The molecular formula is C22H26N4O3. The number of methoxy groups -OCH3 is 1. The van der Waals surface area contributed by atoms with Gasteiger partial charge in [0, 0.05) is 36.6 Å². The van der Waals surface area contributed by atoms with Gasteiger partial charge in [0.2, 0.25) is 11.8 Å². The van der Waals surface area contributed by atoms with Crippen LogP contribution in [0.25, 0.3) is 10.9 Å². The van der Waals surface area contributed by atoms with Crippen LogP contribution in [0.2, 0.25) is 0 Å². The first-order valence-electron chi connectivity index (χ1n) is 9.50. The van der Waals surface area contributed by atoms with Crippen molar-refractivity contribution in [3.05, 3.63) is 65.9 Å². The second-order valence-corrected chi connectivity index (χ2v) is 6.70. The van der Waals surface area contributed by atoms with Crippen molar-refractivity contribution in [2.24, 2.45) is 0 Å². The number of para-hydroxylation sites is 1. The van der Waals surface area contributed by atoms with Crippen molar-refractivity contribution in [1.82, 2.24) is 20.9 Å². The molecule has 0 aliphatic rings. The van der Waals surface area contributed by atoms with Gasteiger partial charge in [-0.2, -0.15) is 0 Å². The molecule has 0 aliphatic heterocycles. The number of amides is 2. The molecule has 3 aromatic rings. The molecule has 1 aromatic heterocycles. The molecule has 0 bridgehead atoms. The van der Waals surface area contributed by atoms with E-state index in [1.54, 1.807) is 14.2 Å². The monoisotopic (exact) mass is 394 g/mol. The van der Waals surface area contributed by atoms with E-state index in [0.717, 1.165) is 27.8 Å². The fraction of sp³-hybridized carbons (Fsp3) is 0.273. The Balaban J connectivity index is 1.76. The minimum Gasteiger partial charge on any atom is -0.497 e. The molecule has 2 amide bonds. The Labute approximate surface area is 169 Å². The van der Waals surface area contributed by atoms with Crippen LogP contribution in [0.15, 0.2) is 54.7 Å². The van der Waals surface area contributed by atoms with Gasteiger partial charge >= 0.3 is 0 Å². The normalized spacial score (nSPS) is 11.8. The van der Waals surface area contributed by atoms with Crippen LogP contribution in [0.5, 0.6) is 5.75 Å². The summed E-state index contributed by atoms with van der Waals surface area (Å²) in [5.74, 6) is 0.439. The number of carbonyl (C=O) groups excluding carboxylic acids is 2. The summed E-state index contributed by atoms with van der Waals surface area (Å²) in [6, 6.07) is 16.0. The Morgan fingerprint density at radius 1 is 1.03 bits per heavy atom. The van der Waals surface area contributed by atoms with Gasteiger partial charge in [0.25, 0.3) is 0 Å². The molecular weight excluding hydrogens is 368 g/mol. The zero-order valence-electron chi connectivity index (χ0n) is 16.6. The van der Waals surface area contributed by atoms with Crippen LogP contribution >= 0.6 is 0 Å². The number of benzene rings is 2. The largest absolute Gasteiger partial charge is 0.497 e. The topological polar surface area (TPSA) is 95.2 Å². The van der Waals surface area contributed by atoms with Crippen LogP contribution in [-0.4, -0.2) is 50.6 Å². The third kappa shape index (κ3) is 5.14. The number of hydrogen-bond donors (Lipinski definition) is 4. The number of likely N-dealkylation sites (N-methyl/N-ethyl adjacent to an activating group) is 1. The maximum Gasteiger partial charge on any atom is 0.234 e. The lowest BCUT2D eigenvalue weighted by atomic mass is 9.91. The van der Waals surface area contributed by atoms with Gasteiger partial charge in [-0.25, -0.2) is 0 Å². The third-order valence-corrected chi connectivity index (χ3v) is 4.87. The number of aromatic amines is 1. The summed E-state index contributed by atoms with van der Waals surface area (Å²) in [6.45, 7) is 0.625. The molecule has 152 valence electrons. The second-order valence-electron chi connectivity index (χ2n) is 6.70. The Morgan fingerprint density at radius 3 is 2.48 bits per heavy atom. The molecule has 7 heteroatoms. The maximum absolute atomic E-state index is 12.2. The summed E-state index contributed by atoms with van der Waals surface area (Å²) in [7, 11) is 3.20. The molecule has 0 saturated heterocycles. The fourth-order valence-electron chi connectivity index (χ4n) is 3.28. The lowest BCUT2D eigenvalue weighted by Crippen LogP contribution is -2.40. The molecule has 0 aliphatic carbocycles. The summed E-state index contributed by atoms with van der Waals surface area (Å²) >= 11 is 0. The van der Waals surface area contributed by atoms with Gasteiger partial charge in [0.1, 0.15) is 5.75 Å². The van der Waals surface area contributed by atoms with E-state index in [4.69, 9.17) is 4.74 Å². The summed E-state index contributed by atoms with van der Waals surface area (Å²) in [5.41, 5.74) is 3.25. The Kier molecular flexibility index (Phi) is 6.86. The number of rotatable bonds is 9. The van der Waals surface area contributed by atoms with Crippen molar-refractivity contribution in [1.29, 1.82) is 0 Å². The molecule has 3 rings (SSSR count). The van der Waals surface area contributed by atoms with Gasteiger partial charge in [-0.15, -0.1) is 0 Å². The lowest BCUT2D eigenvalue weighted by molar-refractivity contribution is -0.121. The first kappa shape index (κ1) is 20.4. The van der Waals surface area contributed by atoms with Crippen LogP contribution in [0.4, 0.5) is 0 Å². The Hall–Kier alpha value is -3.32. The standard InChI is InChI=1S/C22H26N4O3/c1-23-21(27)13-24-14-22(28)26-11-18(15-7-9-16(29-2)10-8-15)19-12-25-20-6-4-3-5-17(19)20/h3-10,12,18,24-25H,11,13-14H2,1-2H3,(H,23,27)(H,26,28)/t18-/m0/s1. The van der Waals surface area contributed by atoms with Crippen LogP contribution < -0.4 is 20.7 Å². The minimum absolute atomic E-state index is 0.0278. The molecule has 0 radical (unpaired) electrons. The predicted molar refractivity (Wildman–Crippen MR) is 113 cm³/mol. The number of carbonyl (C=O) groups is 2. The number of nitrogens with one attached hydrogen (secondary N) is 4. The SMILES string of the molecule is CNC(=O)CNCC(=O)NC[C@@H](c1ccc(OC)cc1)c1c[nH]c2ccccc12. The highest BCUT2D eigenvalue weighted by atomic mass is 16.5. The Bertz CT molecular complexity index is 966. The zero-order valence-corrected chi connectivity index (χ0v) is 16.6. The predicted octanol–water partition coefficient (Wildman–Crippen LogP) is 1.76. The van der Waals surface area contributed by atoms with Crippen LogP contribution in [0.3, 0.4) is 0 Å². The van der Waals surface area contributed by atoms with Crippen molar-refractivity contribution in [3.8, 4) is 5.75 Å². The van der Waals surface area contributed by atoms with Gasteiger partial charge in [0.05, 0.1) is 20.2 Å². The van der Waals surface area contributed by atoms with Gasteiger partial charge < -0.3 is 20.4 Å². The van der Waals surface area contributed by atoms with Gasteiger partial charge in [-0.1, -0.05) is 30.3 Å². The quantitative estimate of drug-likeness (QED) is 0.445. The first-order valence-corrected chi connectivity index (χ1v) is 9.50. The first-order chi connectivity index (χ1) is 14.1. The van der Waals surface area contributed by atoms with E-state index in [9.17, 15) is 9.59 Å². The third-order valence-electron chi connectivity index (χ3n) is 4.87. The lowest BCUT2D eigenvalue weighted by Gasteiger charge is -2.19. The number of aromatic nitrogens is 1. The van der Waals surface area contributed by atoms with Gasteiger partial charge in [-0.05, 0) is 29.3 Å². The zero-order chi connectivity index (χ0) is 20.6. The molecule has 1 heterocycles. The van der Waals surface area contributed by atoms with Crippen LogP contribution in [0.1, 0.15) is 17.0 Å². The van der Waals surface area contributed by atoms with E-state index in [1.807, 2.05) is 48.7 Å². The molecule has 0 fully saturated rings. The fourth-order valence-corrected chi connectivity index (χ4v) is 3.28. The molecule has 29 heavy (non-hydrogen) atoms.